The SMILES string of the molecule is CN(C)CCNC(C#N)c1cncn1C1CC1. The number of nitrogens with zero attached hydrogens (tertiary/aromatic N) is 4. The highest BCUT2D eigenvalue weighted by Gasteiger charge is 2.27. The standard InChI is InChI=1S/C12H19N5/c1-16(2)6-5-15-11(7-13)12-8-14-9-17(12)10-3-4-10/h8-11,15H,3-6H2,1-2H3. The largest absolute Gasteiger partial charge is 0.329 e. The van der Waals surface area contributed by atoms with Gasteiger partial charge in [-0.05, 0) is 26.9 Å². The maximum Gasteiger partial charge on any atom is 0.138 e. The third-order valence-corrected chi connectivity index (χ3v) is 2.97. The summed E-state index contributed by atoms with van der Waals surface area (Å²) in [4.78, 5) is 6.25. The molecule has 1 saturated carbocycles. The van der Waals surface area contributed by atoms with Crippen LogP contribution < -0.4 is 5.32 Å². The first kappa shape index (κ1) is 12.1. The molecule has 2 rings (SSSR count). The van der Waals surface area contributed by atoms with Crippen molar-refractivity contribution in [1.82, 2.24) is 19.8 Å². The number of imidazole rings is 1. The zero-order valence-electron chi connectivity index (χ0n) is 10.4. The van der Waals surface area contributed by atoms with E-state index in [1.807, 2.05) is 20.4 Å². The smallest absolute Gasteiger partial charge is 0.138 e. The van der Waals surface area contributed by atoms with Gasteiger partial charge in [0.1, 0.15) is 6.04 Å². The number of rotatable bonds is 6. The molecule has 1 unspecified atom stereocenters. The van der Waals surface area contributed by atoms with Crippen LogP contribution in [-0.4, -0.2) is 41.6 Å². The number of nitrogens with one attached hydrogen (secondary N) is 1. The highest BCUT2D eigenvalue weighted by atomic mass is 15.1. The minimum Gasteiger partial charge on any atom is -0.329 e. The van der Waals surface area contributed by atoms with Crippen molar-refractivity contribution in [3.63, 3.8) is 0 Å². The zero-order chi connectivity index (χ0) is 12.3. The maximum absolute atomic E-state index is 9.22. The lowest BCUT2D eigenvalue weighted by molar-refractivity contribution is 0.392. The Morgan fingerprint density at radius 1 is 1.65 bits per heavy atom. The molecule has 1 aliphatic carbocycles. The molecule has 0 aromatic carbocycles. The highest BCUT2D eigenvalue weighted by molar-refractivity contribution is 5.16. The molecule has 1 fully saturated rings. The monoisotopic (exact) mass is 233 g/mol. The molecule has 5 heteroatoms. The van der Waals surface area contributed by atoms with Crippen LogP contribution in [0.5, 0.6) is 0 Å². The van der Waals surface area contributed by atoms with Crippen LogP contribution in [0.25, 0.3) is 0 Å². The van der Waals surface area contributed by atoms with Crippen LogP contribution >= 0.6 is 0 Å². The van der Waals surface area contributed by atoms with Crippen molar-refractivity contribution >= 4 is 0 Å². The molecule has 0 bridgehead atoms. The lowest BCUT2D eigenvalue weighted by Crippen LogP contribution is -2.30. The van der Waals surface area contributed by atoms with Crippen molar-refractivity contribution in [2.75, 3.05) is 27.2 Å². The summed E-state index contributed by atoms with van der Waals surface area (Å²) in [5.74, 6) is 0. The zero-order valence-corrected chi connectivity index (χ0v) is 10.4. The van der Waals surface area contributed by atoms with Crippen LogP contribution in [-0.2, 0) is 0 Å². The second-order valence-corrected chi connectivity index (χ2v) is 4.78. The Balaban J connectivity index is 1.97. The molecule has 0 radical (unpaired) electrons. The summed E-state index contributed by atoms with van der Waals surface area (Å²) in [6, 6.07) is 2.63. The van der Waals surface area contributed by atoms with Gasteiger partial charge < -0.3 is 9.47 Å². The summed E-state index contributed by atoms with van der Waals surface area (Å²) < 4.78 is 2.14. The molecule has 0 amide bonds. The van der Waals surface area contributed by atoms with Gasteiger partial charge in [0.25, 0.3) is 0 Å². The van der Waals surface area contributed by atoms with Crippen LogP contribution in [0.15, 0.2) is 12.5 Å². The fourth-order valence-corrected chi connectivity index (χ4v) is 1.85. The number of likely N-dealkylation sites (N-methyl/N-ethyl adjacent to an activating group) is 1. The van der Waals surface area contributed by atoms with Gasteiger partial charge >= 0.3 is 0 Å². The van der Waals surface area contributed by atoms with E-state index in [1.54, 1.807) is 6.20 Å². The molecule has 1 aliphatic rings. The second-order valence-electron chi connectivity index (χ2n) is 4.78. The Labute approximate surface area is 102 Å². The van der Waals surface area contributed by atoms with Gasteiger partial charge in [0.15, 0.2) is 0 Å². The molecule has 1 heterocycles. The van der Waals surface area contributed by atoms with Crippen molar-refractivity contribution in [1.29, 1.82) is 5.26 Å². The Bertz CT molecular complexity index is 399. The normalized spacial score (nSPS) is 17.1. The van der Waals surface area contributed by atoms with Gasteiger partial charge in [-0.15, -0.1) is 0 Å². The Kier molecular flexibility index (Phi) is 3.77. The van der Waals surface area contributed by atoms with Crippen molar-refractivity contribution in [2.45, 2.75) is 24.9 Å². The minimum atomic E-state index is -0.252. The third-order valence-electron chi connectivity index (χ3n) is 2.97. The summed E-state index contributed by atoms with van der Waals surface area (Å²) >= 11 is 0. The number of hydrogen-bond acceptors (Lipinski definition) is 4. The molecule has 0 saturated heterocycles. The van der Waals surface area contributed by atoms with Crippen molar-refractivity contribution in [3.8, 4) is 6.07 Å². The topological polar surface area (TPSA) is 56.9 Å². The van der Waals surface area contributed by atoms with E-state index < -0.39 is 0 Å². The van der Waals surface area contributed by atoms with Gasteiger partial charge in [-0.1, -0.05) is 0 Å². The predicted molar refractivity (Wildman–Crippen MR) is 65.4 cm³/mol. The first-order valence-electron chi connectivity index (χ1n) is 6.02. The van der Waals surface area contributed by atoms with E-state index in [4.69, 9.17) is 0 Å². The molecule has 1 atom stereocenters. The number of hydrogen-bond donors (Lipinski definition) is 1. The molecule has 1 aromatic rings. The van der Waals surface area contributed by atoms with Crippen LogP contribution in [0.4, 0.5) is 0 Å². The van der Waals surface area contributed by atoms with Gasteiger partial charge in [0.05, 0.1) is 24.3 Å². The average molecular weight is 233 g/mol. The molecule has 5 nitrogen and oxygen atoms in total. The number of aromatic nitrogens is 2. The lowest BCUT2D eigenvalue weighted by Gasteiger charge is -2.15. The summed E-state index contributed by atoms with van der Waals surface area (Å²) in [7, 11) is 4.05. The quantitative estimate of drug-likeness (QED) is 0.794. The number of nitriles is 1. The fraction of sp³-hybridized carbons (Fsp3) is 0.667. The molecule has 1 aromatic heterocycles. The molecular formula is C12H19N5. The van der Waals surface area contributed by atoms with Gasteiger partial charge in [-0.25, -0.2) is 4.98 Å². The van der Waals surface area contributed by atoms with E-state index in [-0.39, 0.29) is 6.04 Å². The molecular weight excluding hydrogens is 214 g/mol. The van der Waals surface area contributed by atoms with Gasteiger partial charge in [0, 0.05) is 19.1 Å². The summed E-state index contributed by atoms with van der Waals surface area (Å²) in [5, 5.41) is 12.5. The minimum absolute atomic E-state index is 0.252. The second kappa shape index (κ2) is 5.30. The van der Waals surface area contributed by atoms with Gasteiger partial charge in [-0.2, -0.15) is 5.26 Å². The van der Waals surface area contributed by atoms with E-state index in [0.29, 0.717) is 6.04 Å². The van der Waals surface area contributed by atoms with Gasteiger partial charge in [0.2, 0.25) is 0 Å². The Morgan fingerprint density at radius 2 is 2.41 bits per heavy atom. The molecule has 1 N–H and O–H groups in total. The molecule has 0 aliphatic heterocycles. The lowest BCUT2D eigenvalue weighted by atomic mass is 10.2. The summed E-state index contributed by atoms with van der Waals surface area (Å²) in [6.07, 6.45) is 6.05. The van der Waals surface area contributed by atoms with Crippen LogP contribution in [0.1, 0.15) is 30.6 Å². The van der Waals surface area contributed by atoms with Crippen molar-refractivity contribution in [3.05, 3.63) is 18.2 Å². The Hall–Kier alpha value is -1.38. The fourth-order valence-electron chi connectivity index (χ4n) is 1.85. The first-order chi connectivity index (χ1) is 8.22. The third kappa shape index (κ3) is 3.05. The Morgan fingerprint density at radius 3 is 3.00 bits per heavy atom. The molecule has 0 spiro atoms. The van der Waals surface area contributed by atoms with E-state index in [9.17, 15) is 5.26 Å². The molecule has 92 valence electrons. The summed E-state index contributed by atoms with van der Waals surface area (Å²) in [6.45, 7) is 1.73. The van der Waals surface area contributed by atoms with Crippen LogP contribution in [0, 0.1) is 11.3 Å². The van der Waals surface area contributed by atoms with Crippen molar-refractivity contribution < 1.29 is 0 Å². The van der Waals surface area contributed by atoms with Crippen LogP contribution in [0.2, 0.25) is 0 Å². The van der Waals surface area contributed by atoms with E-state index >= 15 is 0 Å². The van der Waals surface area contributed by atoms with E-state index in [0.717, 1.165) is 18.8 Å². The summed E-state index contributed by atoms with van der Waals surface area (Å²) in [5.41, 5.74) is 0.994. The first-order valence-corrected chi connectivity index (χ1v) is 6.02. The predicted octanol–water partition coefficient (Wildman–Crippen LogP) is 0.934. The van der Waals surface area contributed by atoms with E-state index in [2.05, 4.69) is 25.8 Å². The maximum atomic E-state index is 9.22. The van der Waals surface area contributed by atoms with E-state index in [1.165, 1.54) is 12.8 Å². The highest BCUT2D eigenvalue weighted by Crippen LogP contribution is 2.36. The van der Waals surface area contributed by atoms with Gasteiger partial charge in [-0.3, -0.25) is 5.32 Å². The van der Waals surface area contributed by atoms with Crippen LogP contribution in [0.3, 0.4) is 0 Å². The van der Waals surface area contributed by atoms with Crippen molar-refractivity contribution in [2.24, 2.45) is 0 Å². The average Bonchev–Trinajstić information content (AvgIpc) is 3.03. The molecule has 17 heavy (non-hydrogen) atoms.